The average molecular weight is 506 g/mol. The van der Waals surface area contributed by atoms with Crippen LogP contribution in [0, 0.1) is 0 Å². The van der Waals surface area contributed by atoms with Crippen LogP contribution in [0.25, 0.3) is 0 Å². The van der Waals surface area contributed by atoms with E-state index in [-0.39, 0.29) is 31.8 Å². The van der Waals surface area contributed by atoms with E-state index in [0.717, 1.165) is 10.4 Å². The number of carbonyl (C=O) groups excluding carboxylic acids is 2. The van der Waals surface area contributed by atoms with Crippen molar-refractivity contribution < 1.29 is 19.1 Å². The summed E-state index contributed by atoms with van der Waals surface area (Å²) in [7, 11) is 0. The highest BCUT2D eigenvalue weighted by Gasteiger charge is 2.23. The van der Waals surface area contributed by atoms with Crippen molar-refractivity contribution in [3.05, 3.63) is 88.6 Å². The summed E-state index contributed by atoms with van der Waals surface area (Å²) in [6.07, 6.45) is 1.62. The molecule has 2 aromatic carbocycles. The molecule has 8 heteroatoms. The Hall–Kier alpha value is -3.78. The van der Waals surface area contributed by atoms with Gasteiger partial charge in [0.15, 0.2) is 11.5 Å². The molecule has 0 spiro atoms. The molecule has 1 aliphatic rings. The number of ether oxygens (including phenoxy) is 2. The fourth-order valence-corrected chi connectivity index (χ4v) is 4.59. The molecule has 0 aliphatic carbocycles. The smallest absolute Gasteiger partial charge is 0.322 e. The number of hydrogen-bond acceptors (Lipinski definition) is 5. The zero-order valence-corrected chi connectivity index (χ0v) is 21.4. The van der Waals surface area contributed by atoms with E-state index in [4.69, 9.17) is 9.47 Å². The van der Waals surface area contributed by atoms with Crippen molar-refractivity contribution in [1.29, 1.82) is 0 Å². The van der Waals surface area contributed by atoms with Gasteiger partial charge in [0, 0.05) is 23.7 Å². The van der Waals surface area contributed by atoms with Gasteiger partial charge in [0.2, 0.25) is 12.7 Å². The molecule has 0 saturated carbocycles. The third-order valence-electron chi connectivity index (χ3n) is 5.88. The molecule has 1 N–H and O–H groups in total. The van der Waals surface area contributed by atoms with E-state index in [1.54, 1.807) is 22.3 Å². The van der Waals surface area contributed by atoms with Crippen LogP contribution < -0.4 is 14.8 Å². The Labute approximate surface area is 215 Å². The van der Waals surface area contributed by atoms with Crippen LogP contribution in [-0.2, 0) is 17.9 Å². The van der Waals surface area contributed by atoms with Gasteiger partial charge >= 0.3 is 6.03 Å². The molecule has 2 heterocycles. The van der Waals surface area contributed by atoms with Crippen molar-refractivity contribution in [3.8, 4) is 11.5 Å². The Morgan fingerprint density at radius 3 is 2.53 bits per heavy atom. The molecule has 0 unspecified atom stereocenters. The highest BCUT2D eigenvalue weighted by molar-refractivity contribution is 7.09. The Morgan fingerprint density at radius 2 is 1.83 bits per heavy atom. The monoisotopic (exact) mass is 505 g/mol. The van der Waals surface area contributed by atoms with Gasteiger partial charge in [0.05, 0.1) is 6.54 Å². The van der Waals surface area contributed by atoms with Crippen LogP contribution in [0.15, 0.2) is 72.6 Å². The fraction of sp³-hybridized carbons (Fsp3) is 0.286. The number of urea groups is 1. The number of nitrogens with zero attached hydrogens (tertiary/aromatic N) is 2. The summed E-state index contributed by atoms with van der Waals surface area (Å²) >= 11 is 1.59. The third kappa shape index (κ3) is 6.46. The molecule has 0 radical (unpaired) electrons. The van der Waals surface area contributed by atoms with Crippen LogP contribution >= 0.6 is 11.3 Å². The van der Waals surface area contributed by atoms with E-state index < -0.39 is 0 Å². The lowest BCUT2D eigenvalue weighted by Gasteiger charge is -2.27. The van der Waals surface area contributed by atoms with Crippen LogP contribution in [-0.4, -0.2) is 41.6 Å². The molecule has 36 heavy (non-hydrogen) atoms. The highest BCUT2D eigenvalue weighted by atomic mass is 32.1. The van der Waals surface area contributed by atoms with Crippen molar-refractivity contribution in [2.75, 3.05) is 25.2 Å². The van der Waals surface area contributed by atoms with Gasteiger partial charge in [-0.1, -0.05) is 44.2 Å². The maximum atomic E-state index is 13.5. The minimum Gasteiger partial charge on any atom is -0.454 e. The summed E-state index contributed by atoms with van der Waals surface area (Å²) < 4.78 is 10.9. The number of rotatable bonds is 10. The summed E-state index contributed by atoms with van der Waals surface area (Å²) in [5, 5.41) is 4.89. The summed E-state index contributed by atoms with van der Waals surface area (Å²) in [5.74, 6) is 1.62. The molecule has 0 saturated heterocycles. The zero-order valence-electron chi connectivity index (χ0n) is 20.6. The number of carbonyl (C=O) groups is 2. The molecule has 1 aromatic heterocycles. The van der Waals surface area contributed by atoms with Crippen molar-refractivity contribution in [1.82, 2.24) is 9.80 Å². The molecular weight excluding hydrogens is 474 g/mol. The Balaban J connectivity index is 1.47. The lowest BCUT2D eigenvalue weighted by molar-refractivity contribution is -0.132. The quantitative estimate of drug-likeness (QED) is 0.351. The molecule has 0 atom stereocenters. The van der Waals surface area contributed by atoms with E-state index in [9.17, 15) is 9.59 Å². The minimum atomic E-state index is -0.347. The molecule has 3 aromatic rings. The summed E-state index contributed by atoms with van der Waals surface area (Å²) in [4.78, 5) is 30.8. The molecule has 3 amide bonds. The maximum Gasteiger partial charge on any atom is 0.322 e. The van der Waals surface area contributed by atoms with Crippen molar-refractivity contribution in [3.63, 3.8) is 0 Å². The maximum absolute atomic E-state index is 13.5. The van der Waals surface area contributed by atoms with Gasteiger partial charge in [0.25, 0.3) is 0 Å². The number of thiophene rings is 1. The van der Waals surface area contributed by atoms with Crippen LogP contribution in [0.5, 0.6) is 11.5 Å². The lowest BCUT2D eigenvalue weighted by atomic mass is 10.0. The number of anilines is 1. The van der Waals surface area contributed by atoms with E-state index in [0.29, 0.717) is 36.2 Å². The highest BCUT2D eigenvalue weighted by Crippen LogP contribution is 2.33. The average Bonchev–Trinajstić information content (AvgIpc) is 3.55. The second-order valence-corrected chi connectivity index (χ2v) is 9.93. The third-order valence-corrected chi connectivity index (χ3v) is 6.74. The van der Waals surface area contributed by atoms with Gasteiger partial charge in [-0.05, 0) is 52.8 Å². The SMILES string of the molecule is C=CCN(CC(=O)N(Cc1ccc2c(c1)OCO2)Cc1cccs1)C(=O)Nc1ccc(C(C)C)cc1. The molecule has 188 valence electrons. The predicted molar refractivity (Wildman–Crippen MR) is 142 cm³/mol. The van der Waals surface area contributed by atoms with Crippen molar-refractivity contribution in [2.24, 2.45) is 0 Å². The largest absolute Gasteiger partial charge is 0.454 e. The first-order chi connectivity index (χ1) is 17.4. The van der Waals surface area contributed by atoms with E-state index in [1.807, 2.05) is 60.0 Å². The molecule has 1 aliphatic heterocycles. The molecule has 7 nitrogen and oxygen atoms in total. The second kappa shape index (κ2) is 11.8. The zero-order chi connectivity index (χ0) is 25.5. The number of nitrogens with one attached hydrogen (secondary N) is 1. The first-order valence-corrected chi connectivity index (χ1v) is 12.8. The number of benzene rings is 2. The summed E-state index contributed by atoms with van der Waals surface area (Å²) in [6.45, 7) is 9.21. The van der Waals surface area contributed by atoms with E-state index in [1.165, 1.54) is 10.5 Å². The van der Waals surface area contributed by atoms with Crippen LogP contribution in [0.4, 0.5) is 10.5 Å². The molecular formula is C28H31N3O4S. The minimum absolute atomic E-state index is 0.0716. The van der Waals surface area contributed by atoms with Gasteiger partial charge in [-0.2, -0.15) is 0 Å². The Kier molecular flexibility index (Phi) is 8.28. The first kappa shape index (κ1) is 25.3. The fourth-order valence-electron chi connectivity index (χ4n) is 3.87. The van der Waals surface area contributed by atoms with Gasteiger partial charge in [-0.3, -0.25) is 4.79 Å². The molecule has 0 fully saturated rings. The van der Waals surface area contributed by atoms with Crippen LogP contribution in [0.3, 0.4) is 0 Å². The predicted octanol–water partition coefficient (Wildman–Crippen LogP) is 5.85. The number of amides is 3. The number of fused-ring (bicyclic) bond motifs is 1. The van der Waals surface area contributed by atoms with Crippen LogP contribution in [0.2, 0.25) is 0 Å². The van der Waals surface area contributed by atoms with E-state index in [2.05, 4.69) is 25.7 Å². The molecule has 4 rings (SSSR count). The van der Waals surface area contributed by atoms with Gasteiger partial charge in [-0.25, -0.2) is 4.79 Å². The van der Waals surface area contributed by atoms with Crippen molar-refractivity contribution in [2.45, 2.75) is 32.9 Å². The topological polar surface area (TPSA) is 71.1 Å². The Morgan fingerprint density at radius 1 is 1.06 bits per heavy atom. The standard InChI is InChI=1S/C28H31N3O4S/c1-4-13-30(28(33)29-23-10-8-22(9-11-23)20(2)3)18-27(32)31(17-24-6-5-14-36-24)16-21-7-12-25-26(15-21)35-19-34-25/h4-12,14-15,20H,1,13,16-19H2,2-3H3,(H,29,33). The summed E-state index contributed by atoms with van der Waals surface area (Å²) in [5.41, 5.74) is 2.80. The first-order valence-electron chi connectivity index (χ1n) is 11.9. The van der Waals surface area contributed by atoms with Crippen LogP contribution in [0.1, 0.15) is 35.8 Å². The summed E-state index contributed by atoms with van der Waals surface area (Å²) in [6, 6.07) is 17.0. The van der Waals surface area contributed by atoms with Crippen molar-refractivity contribution >= 4 is 29.0 Å². The van der Waals surface area contributed by atoms with Gasteiger partial charge in [-0.15, -0.1) is 17.9 Å². The van der Waals surface area contributed by atoms with Gasteiger partial charge in [0.1, 0.15) is 6.54 Å². The Bertz CT molecular complexity index is 1190. The van der Waals surface area contributed by atoms with E-state index >= 15 is 0 Å². The second-order valence-electron chi connectivity index (χ2n) is 8.89. The normalized spacial score (nSPS) is 11.9. The number of hydrogen-bond donors (Lipinski definition) is 1. The molecule has 0 bridgehead atoms. The van der Waals surface area contributed by atoms with Gasteiger partial charge < -0.3 is 24.6 Å². The lowest BCUT2D eigenvalue weighted by Crippen LogP contribution is -2.44.